The van der Waals surface area contributed by atoms with Crippen molar-refractivity contribution in [2.45, 2.75) is 13.0 Å². The number of anilines is 1. The Bertz CT molecular complexity index is 550. The number of nitrogens with one attached hydrogen (secondary N) is 3. The molecule has 0 bridgehead atoms. The monoisotopic (exact) mass is 302 g/mol. The summed E-state index contributed by atoms with van der Waals surface area (Å²) in [7, 11) is 0. The van der Waals surface area contributed by atoms with Crippen molar-refractivity contribution in [1.82, 2.24) is 16.1 Å². The van der Waals surface area contributed by atoms with Gasteiger partial charge in [-0.1, -0.05) is 12.1 Å². The lowest BCUT2D eigenvalue weighted by Crippen LogP contribution is -2.43. The summed E-state index contributed by atoms with van der Waals surface area (Å²) in [5.41, 5.74) is 6.22. The number of hydrogen-bond donors (Lipinski definition) is 3. The third-order valence-corrected chi connectivity index (χ3v) is 3.89. The van der Waals surface area contributed by atoms with Crippen LogP contribution in [0.5, 0.6) is 0 Å². The fourth-order valence-electron chi connectivity index (χ4n) is 2.67. The molecule has 22 heavy (non-hydrogen) atoms. The molecule has 1 atom stereocenters. The van der Waals surface area contributed by atoms with Gasteiger partial charge < -0.3 is 15.5 Å². The average Bonchev–Trinajstić information content (AvgIpc) is 3.03. The van der Waals surface area contributed by atoms with Crippen LogP contribution in [0.15, 0.2) is 30.3 Å². The van der Waals surface area contributed by atoms with Crippen LogP contribution >= 0.6 is 0 Å². The highest BCUT2D eigenvalue weighted by atomic mass is 16.7. The van der Waals surface area contributed by atoms with Crippen molar-refractivity contribution in [3.05, 3.63) is 35.9 Å². The first-order chi connectivity index (χ1) is 10.7. The Morgan fingerprint density at radius 2 is 2.05 bits per heavy atom. The molecule has 3 rings (SSSR count). The van der Waals surface area contributed by atoms with Gasteiger partial charge >= 0.3 is 0 Å². The van der Waals surface area contributed by atoms with E-state index in [2.05, 4.69) is 45.3 Å². The number of piperazine rings is 1. The minimum atomic E-state index is -0.133. The number of carbonyl (C=O) groups excluding carboxylic acids is 1. The van der Waals surface area contributed by atoms with E-state index < -0.39 is 0 Å². The van der Waals surface area contributed by atoms with Gasteiger partial charge in [0, 0.05) is 38.8 Å². The van der Waals surface area contributed by atoms with Gasteiger partial charge in [0.15, 0.2) is 0 Å². The van der Waals surface area contributed by atoms with E-state index in [4.69, 9.17) is 4.84 Å². The van der Waals surface area contributed by atoms with Gasteiger partial charge in [0.1, 0.15) is 6.10 Å². The van der Waals surface area contributed by atoms with Gasteiger partial charge in [-0.05, 0) is 23.8 Å². The Morgan fingerprint density at radius 1 is 1.32 bits per heavy atom. The van der Waals surface area contributed by atoms with Crippen molar-refractivity contribution < 1.29 is 9.63 Å². The molecular weight excluding hydrogens is 280 g/mol. The molecule has 1 fully saturated rings. The van der Waals surface area contributed by atoms with E-state index in [1.807, 2.05) is 6.08 Å². The zero-order chi connectivity index (χ0) is 15.4. The van der Waals surface area contributed by atoms with Crippen molar-refractivity contribution >= 4 is 17.3 Å². The van der Waals surface area contributed by atoms with Gasteiger partial charge in [-0.3, -0.25) is 15.1 Å². The molecule has 1 amide bonds. The molecule has 0 saturated carbocycles. The first-order valence-corrected chi connectivity index (χ1v) is 7.66. The summed E-state index contributed by atoms with van der Waals surface area (Å²) in [6.07, 6.45) is 1.86. The predicted octanol–water partition coefficient (Wildman–Crippen LogP) is 0.477. The lowest BCUT2D eigenvalue weighted by atomic mass is 10.1. The van der Waals surface area contributed by atoms with Crippen LogP contribution in [0.25, 0.3) is 5.70 Å². The minimum absolute atomic E-state index is 0.0502. The maximum absolute atomic E-state index is 10.9. The highest BCUT2D eigenvalue weighted by Gasteiger charge is 2.18. The lowest BCUT2D eigenvalue weighted by Gasteiger charge is -2.29. The van der Waals surface area contributed by atoms with Gasteiger partial charge in [0.25, 0.3) is 0 Å². The molecule has 0 aromatic heterocycles. The van der Waals surface area contributed by atoms with E-state index >= 15 is 0 Å². The van der Waals surface area contributed by atoms with E-state index in [0.29, 0.717) is 6.54 Å². The molecule has 6 heteroatoms. The largest absolute Gasteiger partial charge is 0.369 e. The average molecular weight is 302 g/mol. The van der Waals surface area contributed by atoms with Crippen LogP contribution in [0.1, 0.15) is 12.5 Å². The molecular formula is C16H22N4O2. The standard InChI is InChI=1S/C16H22N4O2/c1-12(21)18-11-15-10-16(19-22-15)13-2-4-14(5-3-13)20-8-6-17-7-9-20/h2-5,10,15,17,19H,6-9,11H2,1H3,(H,18,21). The second-order valence-electron chi connectivity index (χ2n) is 5.56. The third-order valence-electron chi connectivity index (χ3n) is 3.89. The molecule has 1 aromatic rings. The SMILES string of the molecule is CC(=O)NCC1C=C(c2ccc(N3CCNCC3)cc2)NO1. The smallest absolute Gasteiger partial charge is 0.216 e. The molecule has 118 valence electrons. The van der Waals surface area contributed by atoms with Crippen LogP contribution in [-0.2, 0) is 9.63 Å². The number of benzene rings is 1. The second-order valence-corrected chi connectivity index (χ2v) is 5.56. The van der Waals surface area contributed by atoms with E-state index in [1.54, 1.807) is 0 Å². The molecule has 1 aromatic carbocycles. The van der Waals surface area contributed by atoms with Crippen molar-refractivity contribution in [2.75, 3.05) is 37.6 Å². The third kappa shape index (κ3) is 3.58. The number of carbonyl (C=O) groups is 1. The van der Waals surface area contributed by atoms with Crippen molar-refractivity contribution in [3.8, 4) is 0 Å². The highest BCUT2D eigenvalue weighted by molar-refractivity contribution is 5.73. The Balaban J connectivity index is 1.63. The molecule has 2 heterocycles. The Morgan fingerprint density at radius 3 is 2.73 bits per heavy atom. The van der Waals surface area contributed by atoms with E-state index in [1.165, 1.54) is 12.6 Å². The van der Waals surface area contributed by atoms with E-state index in [-0.39, 0.29) is 12.0 Å². The zero-order valence-corrected chi connectivity index (χ0v) is 12.8. The molecule has 3 N–H and O–H groups in total. The summed E-state index contributed by atoms with van der Waals surface area (Å²) in [4.78, 5) is 18.7. The first kappa shape index (κ1) is 14.9. The molecule has 6 nitrogen and oxygen atoms in total. The molecule has 0 radical (unpaired) electrons. The highest BCUT2D eigenvalue weighted by Crippen LogP contribution is 2.22. The summed E-state index contributed by atoms with van der Waals surface area (Å²) in [6.45, 7) is 6.14. The topological polar surface area (TPSA) is 65.6 Å². The zero-order valence-electron chi connectivity index (χ0n) is 12.8. The number of hydrogen-bond acceptors (Lipinski definition) is 5. The molecule has 0 aliphatic carbocycles. The summed E-state index contributed by atoms with van der Waals surface area (Å²) >= 11 is 0. The van der Waals surface area contributed by atoms with Gasteiger partial charge in [-0.25, -0.2) is 0 Å². The number of hydroxylamine groups is 1. The summed E-state index contributed by atoms with van der Waals surface area (Å²) < 4.78 is 0. The lowest BCUT2D eigenvalue weighted by molar-refractivity contribution is -0.119. The maximum Gasteiger partial charge on any atom is 0.216 e. The summed E-state index contributed by atoms with van der Waals surface area (Å²) in [5.74, 6) is -0.0502. The molecule has 1 saturated heterocycles. The first-order valence-electron chi connectivity index (χ1n) is 7.66. The van der Waals surface area contributed by atoms with Gasteiger partial charge in [-0.2, -0.15) is 0 Å². The van der Waals surface area contributed by atoms with Gasteiger partial charge in [0.2, 0.25) is 5.91 Å². The summed E-state index contributed by atoms with van der Waals surface area (Å²) in [5, 5.41) is 6.11. The van der Waals surface area contributed by atoms with E-state index in [9.17, 15) is 4.79 Å². The van der Waals surface area contributed by atoms with Crippen LogP contribution in [0.3, 0.4) is 0 Å². The van der Waals surface area contributed by atoms with Crippen LogP contribution in [-0.4, -0.2) is 44.7 Å². The quantitative estimate of drug-likeness (QED) is 0.755. The Kier molecular flexibility index (Phi) is 4.60. The molecule has 2 aliphatic rings. The van der Waals surface area contributed by atoms with Crippen LogP contribution in [0.2, 0.25) is 0 Å². The number of amides is 1. The fourth-order valence-corrected chi connectivity index (χ4v) is 2.67. The van der Waals surface area contributed by atoms with Gasteiger partial charge in [-0.15, -0.1) is 0 Å². The van der Waals surface area contributed by atoms with E-state index in [0.717, 1.165) is 37.4 Å². The molecule has 0 spiro atoms. The Hall–Kier alpha value is -2.05. The Labute approximate surface area is 130 Å². The normalized spacial score (nSPS) is 21.2. The minimum Gasteiger partial charge on any atom is -0.369 e. The number of nitrogens with zero attached hydrogens (tertiary/aromatic N) is 1. The maximum atomic E-state index is 10.9. The molecule has 2 aliphatic heterocycles. The van der Waals surface area contributed by atoms with Crippen LogP contribution in [0, 0.1) is 0 Å². The van der Waals surface area contributed by atoms with Gasteiger partial charge in [0.05, 0.1) is 12.2 Å². The second kappa shape index (κ2) is 6.81. The molecule has 1 unspecified atom stereocenters. The summed E-state index contributed by atoms with van der Waals surface area (Å²) in [6, 6.07) is 8.48. The van der Waals surface area contributed by atoms with Crippen LogP contribution in [0.4, 0.5) is 5.69 Å². The van der Waals surface area contributed by atoms with Crippen LogP contribution < -0.4 is 21.0 Å². The van der Waals surface area contributed by atoms with Crippen molar-refractivity contribution in [3.63, 3.8) is 0 Å². The fraction of sp³-hybridized carbons (Fsp3) is 0.438. The number of rotatable bonds is 4. The van der Waals surface area contributed by atoms with Crippen molar-refractivity contribution in [1.29, 1.82) is 0 Å². The van der Waals surface area contributed by atoms with Crippen molar-refractivity contribution in [2.24, 2.45) is 0 Å². The predicted molar refractivity (Wildman–Crippen MR) is 86.2 cm³/mol.